The Morgan fingerprint density at radius 1 is 1.00 bits per heavy atom. The molecule has 0 spiro atoms. The molecular weight excluding hydrogens is 312 g/mol. The zero-order valence-corrected chi connectivity index (χ0v) is 15.0. The number of amides is 3. The second kappa shape index (κ2) is 8.53. The Morgan fingerprint density at radius 3 is 2.21 bits per heavy atom. The number of hydrogen-bond acceptors (Lipinski definition) is 5. The van der Waals surface area contributed by atoms with Gasteiger partial charge in [-0.25, -0.2) is 9.59 Å². The summed E-state index contributed by atoms with van der Waals surface area (Å²) in [6, 6.07) is -0.0225. The van der Waals surface area contributed by atoms with E-state index in [0.29, 0.717) is 45.9 Å². The van der Waals surface area contributed by atoms with Crippen LogP contribution >= 0.6 is 0 Å². The van der Waals surface area contributed by atoms with Gasteiger partial charge in [-0.15, -0.1) is 0 Å². The largest absolute Gasteiger partial charge is 0.444 e. The maximum Gasteiger partial charge on any atom is 0.410 e. The number of nitrogens with one attached hydrogen (secondary N) is 1. The minimum Gasteiger partial charge on any atom is -0.444 e. The van der Waals surface area contributed by atoms with Gasteiger partial charge in [0.1, 0.15) is 5.60 Å². The molecular formula is C16H30N4O4. The number of morpholine rings is 1. The van der Waals surface area contributed by atoms with Gasteiger partial charge >= 0.3 is 12.1 Å². The van der Waals surface area contributed by atoms with E-state index < -0.39 is 5.60 Å². The van der Waals surface area contributed by atoms with Crippen molar-refractivity contribution in [2.24, 2.45) is 0 Å². The highest BCUT2D eigenvalue weighted by molar-refractivity contribution is 5.74. The summed E-state index contributed by atoms with van der Waals surface area (Å²) < 4.78 is 10.6. The summed E-state index contributed by atoms with van der Waals surface area (Å²) in [5.74, 6) is 0. The molecule has 2 heterocycles. The van der Waals surface area contributed by atoms with Crippen LogP contribution < -0.4 is 5.32 Å². The molecule has 2 aliphatic rings. The summed E-state index contributed by atoms with van der Waals surface area (Å²) in [5, 5.41) is 2.95. The van der Waals surface area contributed by atoms with E-state index in [-0.39, 0.29) is 12.1 Å². The quantitative estimate of drug-likeness (QED) is 0.812. The SMILES string of the molecule is CC(C)(C)OC(=O)N1CCN(CCNC(=O)N2CCOCC2)CC1. The van der Waals surface area contributed by atoms with Crippen LogP contribution in [0.1, 0.15) is 20.8 Å². The molecule has 0 aromatic carbocycles. The molecule has 1 N–H and O–H groups in total. The van der Waals surface area contributed by atoms with E-state index in [2.05, 4.69) is 10.2 Å². The molecule has 0 unspecified atom stereocenters. The van der Waals surface area contributed by atoms with Gasteiger partial charge in [0.15, 0.2) is 0 Å². The van der Waals surface area contributed by atoms with E-state index in [4.69, 9.17) is 9.47 Å². The molecule has 2 saturated heterocycles. The summed E-state index contributed by atoms with van der Waals surface area (Å²) in [7, 11) is 0. The van der Waals surface area contributed by atoms with Crippen LogP contribution in [-0.2, 0) is 9.47 Å². The van der Waals surface area contributed by atoms with Gasteiger partial charge in [-0.3, -0.25) is 4.90 Å². The average Bonchev–Trinajstić information content (AvgIpc) is 2.54. The first-order chi connectivity index (χ1) is 11.3. The van der Waals surface area contributed by atoms with Crippen LogP contribution in [0, 0.1) is 0 Å². The predicted molar refractivity (Wildman–Crippen MR) is 90.0 cm³/mol. The average molecular weight is 342 g/mol. The van der Waals surface area contributed by atoms with Gasteiger partial charge in [-0.05, 0) is 20.8 Å². The minimum atomic E-state index is -0.460. The smallest absolute Gasteiger partial charge is 0.410 e. The van der Waals surface area contributed by atoms with E-state index >= 15 is 0 Å². The standard InChI is InChI=1S/C16H30N4O4/c1-16(2,3)24-15(22)20-8-6-18(7-9-20)5-4-17-14(21)19-10-12-23-13-11-19/h4-13H2,1-3H3,(H,17,21). The molecule has 3 amide bonds. The predicted octanol–water partition coefficient (Wildman–Crippen LogP) is 0.581. The lowest BCUT2D eigenvalue weighted by Crippen LogP contribution is -2.52. The van der Waals surface area contributed by atoms with E-state index in [1.807, 2.05) is 20.8 Å². The van der Waals surface area contributed by atoms with Crippen molar-refractivity contribution in [1.29, 1.82) is 0 Å². The minimum absolute atomic E-state index is 0.0225. The Balaban J connectivity index is 1.61. The fourth-order valence-corrected chi connectivity index (χ4v) is 2.68. The van der Waals surface area contributed by atoms with Gasteiger partial charge in [0.05, 0.1) is 13.2 Å². The molecule has 0 aromatic heterocycles. The summed E-state index contributed by atoms with van der Waals surface area (Å²) >= 11 is 0. The third-order valence-electron chi connectivity index (χ3n) is 4.03. The molecule has 8 nitrogen and oxygen atoms in total. The summed E-state index contributed by atoms with van der Waals surface area (Å²) in [5.41, 5.74) is -0.460. The van der Waals surface area contributed by atoms with Gasteiger partial charge in [0, 0.05) is 52.4 Å². The van der Waals surface area contributed by atoms with Gasteiger partial charge in [0.25, 0.3) is 0 Å². The Kier molecular flexibility index (Phi) is 6.68. The number of ether oxygens (including phenoxy) is 2. The van der Waals surface area contributed by atoms with Gasteiger partial charge in [-0.1, -0.05) is 0 Å². The molecule has 24 heavy (non-hydrogen) atoms. The first kappa shape index (κ1) is 18.8. The van der Waals surface area contributed by atoms with E-state index in [1.54, 1.807) is 9.80 Å². The second-order valence-electron chi connectivity index (χ2n) is 7.14. The summed E-state index contributed by atoms with van der Waals surface area (Å²) in [4.78, 5) is 29.8. The number of rotatable bonds is 3. The van der Waals surface area contributed by atoms with E-state index in [1.165, 1.54) is 0 Å². The summed E-state index contributed by atoms with van der Waals surface area (Å²) in [6.45, 7) is 12.5. The van der Waals surface area contributed by atoms with Gasteiger partial charge in [-0.2, -0.15) is 0 Å². The molecule has 0 aliphatic carbocycles. The molecule has 0 saturated carbocycles. The Labute approximate surface area is 144 Å². The Hall–Kier alpha value is -1.54. The van der Waals surface area contributed by atoms with E-state index in [9.17, 15) is 9.59 Å². The lowest BCUT2D eigenvalue weighted by atomic mass is 10.2. The molecule has 0 radical (unpaired) electrons. The van der Waals surface area contributed by atoms with Crippen molar-refractivity contribution < 1.29 is 19.1 Å². The van der Waals surface area contributed by atoms with Gasteiger partial charge < -0.3 is 24.6 Å². The number of urea groups is 1. The molecule has 0 bridgehead atoms. The van der Waals surface area contributed by atoms with Crippen LogP contribution in [0.5, 0.6) is 0 Å². The van der Waals surface area contributed by atoms with Crippen LogP contribution in [0.2, 0.25) is 0 Å². The van der Waals surface area contributed by atoms with Crippen LogP contribution in [0.3, 0.4) is 0 Å². The number of nitrogens with zero attached hydrogens (tertiary/aromatic N) is 3. The van der Waals surface area contributed by atoms with Crippen molar-refractivity contribution in [3.63, 3.8) is 0 Å². The van der Waals surface area contributed by atoms with Crippen molar-refractivity contribution in [1.82, 2.24) is 20.0 Å². The highest BCUT2D eigenvalue weighted by atomic mass is 16.6. The van der Waals surface area contributed by atoms with Crippen LogP contribution in [0.25, 0.3) is 0 Å². The van der Waals surface area contributed by atoms with Crippen LogP contribution in [-0.4, -0.2) is 98.0 Å². The van der Waals surface area contributed by atoms with Gasteiger partial charge in [0.2, 0.25) is 0 Å². The molecule has 0 atom stereocenters. The first-order valence-electron chi connectivity index (χ1n) is 8.66. The number of hydrogen-bond donors (Lipinski definition) is 1. The topological polar surface area (TPSA) is 74.4 Å². The maximum absolute atomic E-state index is 12.0. The van der Waals surface area contributed by atoms with Crippen LogP contribution in [0.4, 0.5) is 9.59 Å². The lowest BCUT2D eigenvalue weighted by molar-refractivity contribution is 0.0146. The fraction of sp³-hybridized carbons (Fsp3) is 0.875. The third kappa shape index (κ3) is 6.16. The summed E-state index contributed by atoms with van der Waals surface area (Å²) in [6.07, 6.45) is -0.247. The van der Waals surface area contributed by atoms with Crippen molar-refractivity contribution in [2.75, 3.05) is 65.6 Å². The van der Waals surface area contributed by atoms with Crippen molar-refractivity contribution in [3.05, 3.63) is 0 Å². The second-order valence-corrected chi connectivity index (χ2v) is 7.14. The number of piperazine rings is 1. The fourth-order valence-electron chi connectivity index (χ4n) is 2.68. The van der Waals surface area contributed by atoms with Crippen LogP contribution in [0.15, 0.2) is 0 Å². The molecule has 138 valence electrons. The third-order valence-corrected chi connectivity index (χ3v) is 4.03. The zero-order chi connectivity index (χ0) is 17.6. The van der Waals surface area contributed by atoms with Crippen molar-refractivity contribution >= 4 is 12.1 Å². The maximum atomic E-state index is 12.0. The highest BCUT2D eigenvalue weighted by Crippen LogP contribution is 2.11. The van der Waals surface area contributed by atoms with Crippen molar-refractivity contribution in [2.45, 2.75) is 26.4 Å². The number of carbonyl (C=O) groups excluding carboxylic acids is 2. The monoisotopic (exact) mass is 342 g/mol. The zero-order valence-electron chi connectivity index (χ0n) is 15.0. The Bertz CT molecular complexity index is 424. The molecule has 8 heteroatoms. The molecule has 2 fully saturated rings. The molecule has 2 aliphatic heterocycles. The molecule has 2 rings (SSSR count). The van der Waals surface area contributed by atoms with Crippen molar-refractivity contribution in [3.8, 4) is 0 Å². The normalized spacial score (nSPS) is 20.0. The molecule has 0 aromatic rings. The highest BCUT2D eigenvalue weighted by Gasteiger charge is 2.25. The first-order valence-corrected chi connectivity index (χ1v) is 8.66. The number of carbonyl (C=O) groups is 2. The Morgan fingerprint density at radius 2 is 1.62 bits per heavy atom. The van der Waals surface area contributed by atoms with E-state index in [0.717, 1.165) is 19.6 Å². The lowest BCUT2D eigenvalue weighted by Gasteiger charge is -2.35.